The monoisotopic (exact) mass is 483 g/mol. The molecule has 0 aromatic heterocycles. The number of carbonyl (C=O) groups is 1. The summed E-state index contributed by atoms with van der Waals surface area (Å²) in [6.45, 7) is 6.08. The lowest BCUT2D eigenvalue weighted by Crippen LogP contribution is -2.48. The standard InChI is InChI=1S/C27H28F3N3O2/c1-19-17-33(16-15-31-19)18-20-3-9-23(10-4-20)32(2)26(34)21-5-11-24(12-6-21)35-25-13-7-22(8-14-25)27(28,29)30/h3-14,19,31H,15-18H2,1-2H3/t19-/m0/s1. The molecule has 35 heavy (non-hydrogen) atoms. The second-order valence-electron chi connectivity index (χ2n) is 8.77. The van der Waals surface area contributed by atoms with Gasteiger partial charge in [-0.3, -0.25) is 9.69 Å². The van der Waals surface area contributed by atoms with Crippen LogP contribution in [0.25, 0.3) is 0 Å². The van der Waals surface area contributed by atoms with Crippen LogP contribution in [0.4, 0.5) is 18.9 Å². The lowest BCUT2D eigenvalue weighted by molar-refractivity contribution is -0.137. The molecule has 0 bridgehead atoms. The minimum Gasteiger partial charge on any atom is -0.457 e. The van der Waals surface area contributed by atoms with Crippen molar-refractivity contribution in [2.75, 3.05) is 31.6 Å². The Kier molecular flexibility index (Phi) is 7.42. The van der Waals surface area contributed by atoms with Crippen LogP contribution in [0.2, 0.25) is 0 Å². The van der Waals surface area contributed by atoms with E-state index in [0.29, 0.717) is 17.4 Å². The Morgan fingerprint density at radius 1 is 1.00 bits per heavy atom. The number of benzene rings is 3. The fourth-order valence-electron chi connectivity index (χ4n) is 4.06. The van der Waals surface area contributed by atoms with E-state index < -0.39 is 11.7 Å². The zero-order valence-corrected chi connectivity index (χ0v) is 19.7. The van der Waals surface area contributed by atoms with E-state index in [9.17, 15) is 18.0 Å². The van der Waals surface area contributed by atoms with Crippen LogP contribution in [0.5, 0.6) is 11.5 Å². The lowest BCUT2D eigenvalue weighted by Gasteiger charge is -2.31. The van der Waals surface area contributed by atoms with Gasteiger partial charge in [-0.25, -0.2) is 0 Å². The Hall–Kier alpha value is -3.36. The summed E-state index contributed by atoms with van der Waals surface area (Å²) in [6, 6.07) is 19.5. The number of hydrogen-bond acceptors (Lipinski definition) is 4. The van der Waals surface area contributed by atoms with Gasteiger partial charge >= 0.3 is 6.18 Å². The maximum atomic E-state index is 12.9. The molecule has 8 heteroatoms. The van der Waals surface area contributed by atoms with Crippen molar-refractivity contribution >= 4 is 11.6 Å². The number of anilines is 1. The van der Waals surface area contributed by atoms with Gasteiger partial charge < -0.3 is 15.0 Å². The van der Waals surface area contributed by atoms with Gasteiger partial charge in [-0.15, -0.1) is 0 Å². The SMILES string of the molecule is C[C@H]1CN(Cc2ccc(N(C)C(=O)c3ccc(Oc4ccc(C(F)(F)F)cc4)cc3)cc2)CCN1. The molecule has 1 amide bonds. The Labute approximate surface area is 203 Å². The fraction of sp³-hybridized carbons (Fsp3) is 0.296. The molecule has 1 atom stereocenters. The van der Waals surface area contributed by atoms with Gasteiger partial charge in [-0.2, -0.15) is 13.2 Å². The van der Waals surface area contributed by atoms with Crippen LogP contribution >= 0.6 is 0 Å². The summed E-state index contributed by atoms with van der Waals surface area (Å²) in [7, 11) is 1.72. The summed E-state index contributed by atoms with van der Waals surface area (Å²) in [5, 5.41) is 3.44. The van der Waals surface area contributed by atoms with Crippen molar-refractivity contribution in [2.45, 2.75) is 25.7 Å². The highest BCUT2D eigenvalue weighted by Gasteiger charge is 2.30. The number of rotatable bonds is 6. The summed E-state index contributed by atoms with van der Waals surface area (Å²) in [5.74, 6) is 0.537. The summed E-state index contributed by atoms with van der Waals surface area (Å²) in [5.41, 5.74) is 1.73. The molecule has 0 aliphatic carbocycles. The second kappa shape index (κ2) is 10.5. The predicted octanol–water partition coefficient (Wildman–Crippen LogP) is 5.57. The topological polar surface area (TPSA) is 44.8 Å². The van der Waals surface area contributed by atoms with Crippen molar-refractivity contribution < 1.29 is 22.7 Å². The van der Waals surface area contributed by atoms with Crippen LogP contribution in [-0.2, 0) is 12.7 Å². The zero-order valence-electron chi connectivity index (χ0n) is 19.7. The van der Waals surface area contributed by atoms with Gasteiger partial charge in [0.2, 0.25) is 0 Å². The largest absolute Gasteiger partial charge is 0.457 e. The van der Waals surface area contributed by atoms with E-state index in [1.165, 1.54) is 17.7 Å². The summed E-state index contributed by atoms with van der Waals surface area (Å²) >= 11 is 0. The molecule has 0 radical (unpaired) electrons. The molecule has 1 fully saturated rings. The van der Waals surface area contributed by atoms with E-state index in [1.807, 2.05) is 24.3 Å². The normalized spacial score (nSPS) is 16.7. The van der Waals surface area contributed by atoms with E-state index in [1.54, 1.807) is 36.2 Å². The van der Waals surface area contributed by atoms with Gasteiger partial charge in [0.15, 0.2) is 0 Å². The van der Waals surface area contributed by atoms with Crippen LogP contribution in [-0.4, -0.2) is 43.5 Å². The Bertz CT molecular complexity index is 1130. The van der Waals surface area contributed by atoms with Gasteiger partial charge in [0.1, 0.15) is 11.5 Å². The fourth-order valence-corrected chi connectivity index (χ4v) is 4.06. The lowest BCUT2D eigenvalue weighted by atomic mass is 10.1. The van der Waals surface area contributed by atoms with Gasteiger partial charge in [-0.05, 0) is 73.2 Å². The summed E-state index contributed by atoms with van der Waals surface area (Å²) in [6.07, 6.45) is -4.39. The van der Waals surface area contributed by atoms with Gasteiger partial charge in [-0.1, -0.05) is 12.1 Å². The average molecular weight is 484 g/mol. The van der Waals surface area contributed by atoms with Crippen LogP contribution in [0.15, 0.2) is 72.8 Å². The zero-order chi connectivity index (χ0) is 25.0. The second-order valence-corrected chi connectivity index (χ2v) is 8.77. The van der Waals surface area contributed by atoms with Crippen molar-refractivity contribution in [2.24, 2.45) is 0 Å². The summed E-state index contributed by atoms with van der Waals surface area (Å²) < 4.78 is 43.7. The Morgan fingerprint density at radius 2 is 1.60 bits per heavy atom. The highest BCUT2D eigenvalue weighted by molar-refractivity contribution is 6.05. The smallest absolute Gasteiger partial charge is 0.416 e. The van der Waals surface area contributed by atoms with E-state index in [0.717, 1.165) is 44.0 Å². The molecule has 3 aromatic carbocycles. The first kappa shape index (κ1) is 24.8. The molecule has 3 aromatic rings. The number of nitrogens with one attached hydrogen (secondary N) is 1. The maximum absolute atomic E-state index is 12.9. The molecule has 1 aliphatic heterocycles. The molecule has 1 saturated heterocycles. The number of nitrogens with zero attached hydrogens (tertiary/aromatic N) is 2. The van der Waals surface area contributed by atoms with Crippen molar-refractivity contribution in [1.29, 1.82) is 0 Å². The predicted molar refractivity (Wildman–Crippen MR) is 130 cm³/mol. The number of alkyl halides is 3. The first-order valence-corrected chi connectivity index (χ1v) is 11.5. The average Bonchev–Trinajstić information content (AvgIpc) is 2.84. The van der Waals surface area contributed by atoms with Gasteiger partial charge in [0.25, 0.3) is 5.91 Å². The quantitative estimate of drug-likeness (QED) is 0.498. The van der Waals surface area contributed by atoms with Gasteiger partial charge in [0, 0.05) is 50.5 Å². The van der Waals surface area contributed by atoms with Crippen molar-refractivity contribution in [3.8, 4) is 11.5 Å². The molecule has 1 heterocycles. The number of piperazine rings is 1. The van der Waals surface area contributed by atoms with E-state index in [-0.39, 0.29) is 11.7 Å². The number of carbonyl (C=O) groups excluding carboxylic acids is 1. The third-order valence-electron chi connectivity index (χ3n) is 6.01. The third-order valence-corrected chi connectivity index (χ3v) is 6.01. The molecule has 0 saturated carbocycles. The Morgan fingerprint density at radius 3 is 2.17 bits per heavy atom. The minimum absolute atomic E-state index is 0.172. The molecule has 4 rings (SSSR count). The molecule has 5 nitrogen and oxygen atoms in total. The molecule has 184 valence electrons. The van der Waals surface area contributed by atoms with Crippen LogP contribution in [0.1, 0.15) is 28.4 Å². The molecule has 0 unspecified atom stereocenters. The van der Waals surface area contributed by atoms with Crippen LogP contribution < -0.4 is 15.0 Å². The molecular formula is C27H28F3N3O2. The van der Waals surface area contributed by atoms with Crippen LogP contribution in [0, 0.1) is 0 Å². The number of hydrogen-bond donors (Lipinski definition) is 1. The first-order valence-electron chi connectivity index (χ1n) is 11.5. The molecular weight excluding hydrogens is 455 g/mol. The Balaban J connectivity index is 1.35. The van der Waals surface area contributed by atoms with Crippen molar-refractivity contribution in [3.63, 3.8) is 0 Å². The highest BCUT2D eigenvalue weighted by Crippen LogP contribution is 2.31. The number of ether oxygens (including phenoxy) is 1. The van der Waals surface area contributed by atoms with Gasteiger partial charge in [0.05, 0.1) is 5.56 Å². The highest BCUT2D eigenvalue weighted by atomic mass is 19.4. The summed E-state index contributed by atoms with van der Waals surface area (Å²) in [4.78, 5) is 16.9. The first-order chi connectivity index (χ1) is 16.7. The third kappa shape index (κ3) is 6.41. The number of amides is 1. The maximum Gasteiger partial charge on any atom is 0.416 e. The molecule has 1 N–H and O–H groups in total. The number of halogens is 3. The van der Waals surface area contributed by atoms with E-state index in [4.69, 9.17) is 4.74 Å². The van der Waals surface area contributed by atoms with E-state index in [2.05, 4.69) is 17.1 Å². The van der Waals surface area contributed by atoms with Crippen molar-refractivity contribution in [1.82, 2.24) is 10.2 Å². The van der Waals surface area contributed by atoms with E-state index >= 15 is 0 Å². The molecule has 0 spiro atoms. The minimum atomic E-state index is -4.39. The van der Waals surface area contributed by atoms with Crippen LogP contribution in [0.3, 0.4) is 0 Å². The molecule has 1 aliphatic rings. The van der Waals surface area contributed by atoms with Crippen molar-refractivity contribution in [3.05, 3.63) is 89.5 Å².